The summed E-state index contributed by atoms with van der Waals surface area (Å²) in [4.78, 5) is 10.8. The summed E-state index contributed by atoms with van der Waals surface area (Å²) in [5.41, 5.74) is 2.83. The average molecular weight is 264 g/mol. The molecule has 1 atom stereocenters. The Morgan fingerprint density at radius 3 is 2.37 bits per heavy atom. The molecule has 3 nitrogen and oxygen atoms in total. The molecule has 0 radical (unpaired) electrons. The van der Waals surface area contributed by atoms with Crippen molar-refractivity contribution in [3.8, 4) is 5.75 Å². The van der Waals surface area contributed by atoms with Crippen molar-refractivity contribution in [2.24, 2.45) is 5.92 Å². The van der Waals surface area contributed by atoms with Crippen LogP contribution in [0.2, 0.25) is 0 Å². The largest absolute Gasteiger partial charge is 0.490 e. The van der Waals surface area contributed by atoms with Crippen LogP contribution < -0.4 is 4.74 Å². The van der Waals surface area contributed by atoms with Gasteiger partial charge < -0.3 is 9.84 Å². The molecule has 1 aromatic carbocycles. The standard InChI is InChI=1S/C16H24O3/c1-10(2)6-13(5)19-15-8-11(3)14(7-12(15)4)9-16(17)18/h7-8,10,13H,6,9H2,1-5H3,(H,17,18). The molecule has 1 aromatic rings. The van der Waals surface area contributed by atoms with Gasteiger partial charge in [0.1, 0.15) is 5.75 Å². The molecule has 0 aliphatic heterocycles. The third-order valence-electron chi connectivity index (χ3n) is 3.11. The second-order valence-corrected chi connectivity index (χ2v) is 5.67. The van der Waals surface area contributed by atoms with Gasteiger partial charge in [0, 0.05) is 0 Å². The molecular formula is C16H24O3. The van der Waals surface area contributed by atoms with Gasteiger partial charge in [0.25, 0.3) is 0 Å². The van der Waals surface area contributed by atoms with Crippen LogP contribution in [0.3, 0.4) is 0 Å². The highest BCUT2D eigenvalue weighted by atomic mass is 16.5. The quantitative estimate of drug-likeness (QED) is 0.851. The molecule has 0 bridgehead atoms. The number of hydrogen-bond donors (Lipinski definition) is 1. The molecule has 0 aliphatic rings. The lowest BCUT2D eigenvalue weighted by atomic mass is 10.0. The minimum atomic E-state index is -0.802. The molecule has 0 aliphatic carbocycles. The molecule has 0 amide bonds. The van der Waals surface area contributed by atoms with Crippen LogP contribution in [0.5, 0.6) is 5.75 Å². The SMILES string of the molecule is Cc1cc(OC(C)CC(C)C)c(C)cc1CC(=O)O. The second-order valence-electron chi connectivity index (χ2n) is 5.67. The minimum Gasteiger partial charge on any atom is -0.490 e. The fourth-order valence-corrected chi connectivity index (χ4v) is 2.26. The van der Waals surface area contributed by atoms with E-state index >= 15 is 0 Å². The molecule has 0 aromatic heterocycles. The van der Waals surface area contributed by atoms with Crippen LogP contribution in [0.4, 0.5) is 0 Å². The van der Waals surface area contributed by atoms with Gasteiger partial charge in [-0.1, -0.05) is 19.9 Å². The number of rotatable bonds is 6. The zero-order valence-electron chi connectivity index (χ0n) is 12.5. The number of benzene rings is 1. The van der Waals surface area contributed by atoms with E-state index in [9.17, 15) is 4.79 Å². The van der Waals surface area contributed by atoms with Crippen LogP contribution in [0.1, 0.15) is 43.9 Å². The smallest absolute Gasteiger partial charge is 0.307 e. The van der Waals surface area contributed by atoms with Gasteiger partial charge in [-0.2, -0.15) is 0 Å². The van der Waals surface area contributed by atoms with Gasteiger partial charge in [0.2, 0.25) is 0 Å². The molecule has 106 valence electrons. The summed E-state index contributed by atoms with van der Waals surface area (Å²) in [7, 11) is 0. The topological polar surface area (TPSA) is 46.5 Å². The lowest BCUT2D eigenvalue weighted by Gasteiger charge is -2.19. The van der Waals surface area contributed by atoms with Crippen molar-refractivity contribution in [3.05, 3.63) is 28.8 Å². The summed E-state index contributed by atoms with van der Waals surface area (Å²) in [5, 5.41) is 8.86. The van der Waals surface area contributed by atoms with Crippen LogP contribution in [-0.4, -0.2) is 17.2 Å². The zero-order chi connectivity index (χ0) is 14.6. The van der Waals surface area contributed by atoms with E-state index in [0.29, 0.717) is 5.92 Å². The molecule has 0 saturated heterocycles. The molecule has 1 unspecified atom stereocenters. The maximum Gasteiger partial charge on any atom is 0.307 e. The van der Waals surface area contributed by atoms with Crippen LogP contribution >= 0.6 is 0 Å². The van der Waals surface area contributed by atoms with Gasteiger partial charge in [-0.05, 0) is 55.9 Å². The predicted octanol–water partition coefficient (Wildman–Crippen LogP) is 3.74. The maximum absolute atomic E-state index is 10.8. The third-order valence-corrected chi connectivity index (χ3v) is 3.11. The van der Waals surface area contributed by atoms with Crippen molar-refractivity contribution in [2.45, 2.75) is 53.6 Å². The summed E-state index contributed by atoms with van der Waals surface area (Å²) >= 11 is 0. The van der Waals surface area contributed by atoms with Crippen LogP contribution in [0.15, 0.2) is 12.1 Å². The summed E-state index contributed by atoms with van der Waals surface area (Å²) in [6.07, 6.45) is 1.24. The van der Waals surface area contributed by atoms with Gasteiger partial charge in [-0.15, -0.1) is 0 Å². The van der Waals surface area contributed by atoms with Gasteiger partial charge in [0.15, 0.2) is 0 Å². The molecule has 19 heavy (non-hydrogen) atoms. The Hall–Kier alpha value is -1.51. The monoisotopic (exact) mass is 264 g/mol. The summed E-state index contributed by atoms with van der Waals surface area (Å²) in [5.74, 6) is 0.659. The van der Waals surface area contributed by atoms with Crippen molar-refractivity contribution in [3.63, 3.8) is 0 Å². The number of aliphatic carboxylic acids is 1. The first kappa shape index (κ1) is 15.5. The Morgan fingerprint density at radius 2 is 1.84 bits per heavy atom. The van der Waals surface area contributed by atoms with Gasteiger partial charge in [-0.25, -0.2) is 0 Å². The van der Waals surface area contributed by atoms with Crippen LogP contribution in [0.25, 0.3) is 0 Å². The van der Waals surface area contributed by atoms with Crippen molar-refractivity contribution >= 4 is 5.97 Å². The Labute approximate surface area is 115 Å². The van der Waals surface area contributed by atoms with Crippen molar-refractivity contribution in [2.75, 3.05) is 0 Å². The third kappa shape index (κ3) is 4.93. The van der Waals surface area contributed by atoms with Crippen LogP contribution in [-0.2, 0) is 11.2 Å². The maximum atomic E-state index is 10.8. The van der Waals surface area contributed by atoms with E-state index in [-0.39, 0.29) is 12.5 Å². The number of ether oxygens (including phenoxy) is 1. The number of carboxylic acid groups (broad SMARTS) is 1. The van der Waals surface area contributed by atoms with E-state index in [4.69, 9.17) is 9.84 Å². The lowest BCUT2D eigenvalue weighted by molar-refractivity contribution is -0.136. The van der Waals surface area contributed by atoms with E-state index in [1.165, 1.54) is 0 Å². The molecule has 0 spiro atoms. The Kier molecular flexibility index (Phi) is 5.40. The molecule has 0 fully saturated rings. The fraction of sp³-hybridized carbons (Fsp3) is 0.562. The molecule has 0 saturated carbocycles. The molecule has 0 heterocycles. The van der Waals surface area contributed by atoms with Gasteiger partial charge >= 0.3 is 5.97 Å². The Balaban J connectivity index is 2.86. The van der Waals surface area contributed by atoms with Crippen LogP contribution in [0, 0.1) is 19.8 Å². The van der Waals surface area contributed by atoms with E-state index < -0.39 is 5.97 Å². The van der Waals surface area contributed by atoms with Crippen molar-refractivity contribution in [1.29, 1.82) is 0 Å². The Morgan fingerprint density at radius 1 is 1.21 bits per heavy atom. The number of carboxylic acids is 1. The first-order valence-corrected chi connectivity index (χ1v) is 6.78. The fourth-order valence-electron chi connectivity index (χ4n) is 2.26. The summed E-state index contributed by atoms with van der Waals surface area (Å²) in [6.45, 7) is 10.3. The summed E-state index contributed by atoms with van der Waals surface area (Å²) < 4.78 is 5.95. The number of aryl methyl sites for hydroxylation is 2. The van der Waals surface area contributed by atoms with E-state index in [0.717, 1.165) is 28.9 Å². The van der Waals surface area contributed by atoms with E-state index in [1.807, 2.05) is 26.0 Å². The highest BCUT2D eigenvalue weighted by Gasteiger charge is 2.12. The predicted molar refractivity (Wildman–Crippen MR) is 76.8 cm³/mol. The highest BCUT2D eigenvalue weighted by molar-refractivity contribution is 5.71. The van der Waals surface area contributed by atoms with Gasteiger partial charge in [-0.3, -0.25) is 4.79 Å². The number of hydrogen-bond acceptors (Lipinski definition) is 2. The van der Waals surface area contributed by atoms with Crippen molar-refractivity contribution < 1.29 is 14.6 Å². The van der Waals surface area contributed by atoms with E-state index in [2.05, 4.69) is 20.8 Å². The molecule has 1 N–H and O–H groups in total. The lowest BCUT2D eigenvalue weighted by Crippen LogP contribution is -2.15. The first-order valence-electron chi connectivity index (χ1n) is 6.78. The second kappa shape index (κ2) is 6.60. The first-order chi connectivity index (χ1) is 8.79. The number of carbonyl (C=O) groups is 1. The van der Waals surface area contributed by atoms with Crippen molar-refractivity contribution in [1.82, 2.24) is 0 Å². The zero-order valence-corrected chi connectivity index (χ0v) is 12.5. The minimum absolute atomic E-state index is 0.0640. The normalized spacial score (nSPS) is 12.5. The Bertz CT molecular complexity index is 450. The van der Waals surface area contributed by atoms with E-state index in [1.54, 1.807) is 0 Å². The molecular weight excluding hydrogens is 240 g/mol. The molecule has 1 rings (SSSR count). The molecule has 3 heteroatoms. The average Bonchev–Trinajstić information content (AvgIpc) is 2.23. The summed E-state index contributed by atoms with van der Waals surface area (Å²) in [6, 6.07) is 3.87. The highest BCUT2D eigenvalue weighted by Crippen LogP contribution is 2.25. The van der Waals surface area contributed by atoms with Gasteiger partial charge in [0.05, 0.1) is 12.5 Å².